The van der Waals surface area contributed by atoms with Gasteiger partial charge in [-0.05, 0) is 54.5 Å². The SMILES string of the molecule is CC(NC(=O)C(Cc1ccccc1)NC(=O)c1ccccc1)C(=O)NC(C(=O)C(=O)NC1Cc2ccccc2C1)C(C)C. The molecule has 0 aliphatic heterocycles. The zero-order valence-corrected chi connectivity index (χ0v) is 24.6. The molecular weight excluding hydrogens is 544 g/mol. The van der Waals surface area contributed by atoms with Crippen molar-refractivity contribution in [3.63, 3.8) is 0 Å². The van der Waals surface area contributed by atoms with Crippen LogP contribution in [0.15, 0.2) is 84.9 Å². The van der Waals surface area contributed by atoms with Gasteiger partial charge in [0.15, 0.2) is 0 Å². The van der Waals surface area contributed by atoms with Crippen LogP contribution in [0.2, 0.25) is 0 Å². The first-order valence-corrected chi connectivity index (χ1v) is 14.5. The summed E-state index contributed by atoms with van der Waals surface area (Å²) in [4.78, 5) is 65.4. The molecule has 9 heteroatoms. The van der Waals surface area contributed by atoms with Gasteiger partial charge in [-0.25, -0.2) is 0 Å². The Kier molecular flexibility index (Phi) is 10.4. The number of hydrogen-bond donors (Lipinski definition) is 4. The van der Waals surface area contributed by atoms with Gasteiger partial charge in [0.25, 0.3) is 11.8 Å². The lowest BCUT2D eigenvalue weighted by Crippen LogP contribution is -2.57. The van der Waals surface area contributed by atoms with Crippen molar-refractivity contribution in [2.75, 3.05) is 0 Å². The lowest BCUT2D eigenvalue weighted by molar-refractivity contribution is -0.141. The maximum absolute atomic E-state index is 13.3. The number of hydrogen-bond acceptors (Lipinski definition) is 5. The van der Waals surface area contributed by atoms with Crippen LogP contribution in [0.1, 0.15) is 47.8 Å². The molecule has 0 radical (unpaired) electrons. The van der Waals surface area contributed by atoms with Gasteiger partial charge in [-0.2, -0.15) is 0 Å². The van der Waals surface area contributed by atoms with Gasteiger partial charge in [0.2, 0.25) is 17.6 Å². The summed E-state index contributed by atoms with van der Waals surface area (Å²) in [5, 5.41) is 10.9. The molecule has 4 rings (SSSR count). The maximum Gasteiger partial charge on any atom is 0.289 e. The Morgan fingerprint density at radius 3 is 1.84 bits per heavy atom. The normalized spacial score (nSPS) is 14.6. The van der Waals surface area contributed by atoms with E-state index < -0.39 is 47.5 Å². The number of amides is 4. The van der Waals surface area contributed by atoms with Crippen molar-refractivity contribution in [2.45, 2.75) is 64.2 Å². The molecule has 0 saturated carbocycles. The lowest BCUT2D eigenvalue weighted by Gasteiger charge is -2.25. The van der Waals surface area contributed by atoms with Crippen LogP contribution < -0.4 is 21.3 Å². The Morgan fingerprint density at radius 1 is 0.698 bits per heavy atom. The molecule has 0 saturated heterocycles. The Bertz CT molecular complexity index is 1430. The first kappa shape index (κ1) is 31.2. The van der Waals surface area contributed by atoms with Gasteiger partial charge < -0.3 is 21.3 Å². The smallest absolute Gasteiger partial charge is 0.289 e. The van der Waals surface area contributed by atoms with Crippen molar-refractivity contribution >= 4 is 29.4 Å². The number of benzene rings is 3. The third kappa shape index (κ3) is 8.38. The molecular formula is C34H38N4O5. The number of fused-ring (bicyclic) bond motifs is 1. The molecule has 3 aromatic rings. The molecule has 0 spiro atoms. The number of carbonyl (C=O) groups excluding carboxylic acids is 5. The van der Waals surface area contributed by atoms with Gasteiger partial charge in [-0.3, -0.25) is 24.0 Å². The average molecular weight is 583 g/mol. The molecule has 1 aliphatic rings. The predicted octanol–water partition coefficient (Wildman–Crippen LogP) is 2.53. The van der Waals surface area contributed by atoms with Crippen LogP contribution in [0.3, 0.4) is 0 Å². The Morgan fingerprint density at radius 2 is 1.26 bits per heavy atom. The maximum atomic E-state index is 13.3. The summed E-state index contributed by atoms with van der Waals surface area (Å²) in [5.74, 6) is -3.46. The summed E-state index contributed by atoms with van der Waals surface area (Å²) < 4.78 is 0. The average Bonchev–Trinajstić information content (AvgIpc) is 3.42. The van der Waals surface area contributed by atoms with Gasteiger partial charge in [0, 0.05) is 18.0 Å². The van der Waals surface area contributed by atoms with Gasteiger partial charge in [0.1, 0.15) is 12.1 Å². The third-order valence-electron chi connectivity index (χ3n) is 7.55. The minimum atomic E-state index is -1.08. The number of ketones is 1. The minimum Gasteiger partial charge on any atom is -0.346 e. The van der Waals surface area contributed by atoms with Crippen LogP contribution in [-0.4, -0.2) is 53.6 Å². The minimum absolute atomic E-state index is 0.191. The number of nitrogens with one attached hydrogen (secondary N) is 4. The van der Waals surface area contributed by atoms with E-state index in [0.717, 1.165) is 16.7 Å². The fourth-order valence-electron chi connectivity index (χ4n) is 5.14. The summed E-state index contributed by atoms with van der Waals surface area (Å²) in [6, 6.07) is 22.4. The predicted molar refractivity (Wildman–Crippen MR) is 163 cm³/mol. The van der Waals surface area contributed by atoms with Crippen LogP contribution in [-0.2, 0) is 38.4 Å². The number of rotatable bonds is 12. The fourth-order valence-corrected chi connectivity index (χ4v) is 5.14. The van der Waals surface area contributed by atoms with Gasteiger partial charge >= 0.3 is 0 Å². The quantitative estimate of drug-likeness (QED) is 0.244. The lowest BCUT2D eigenvalue weighted by atomic mass is 9.98. The highest BCUT2D eigenvalue weighted by Gasteiger charge is 2.34. The molecule has 224 valence electrons. The standard InChI is InChI=1S/C34H38N4O5/c1-21(2)29(30(39)34(43)36-27-19-25-16-10-11-17-26(25)20-27)38-31(40)22(3)35-33(42)28(18-23-12-6-4-7-13-23)37-32(41)24-14-8-5-9-15-24/h4-17,21-22,27-29H,18-20H2,1-3H3,(H,35,42)(H,36,43)(H,37,41)(H,38,40). The molecule has 43 heavy (non-hydrogen) atoms. The summed E-state index contributed by atoms with van der Waals surface area (Å²) in [6.07, 6.45) is 1.49. The van der Waals surface area contributed by atoms with E-state index in [2.05, 4.69) is 21.3 Å². The van der Waals surface area contributed by atoms with E-state index in [1.807, 2.05) is 54.6 Å². The molecule has 4 N–H and O–H groups in total. The Balaban J connectivity index is 1.37. The van der Waals surface area contributed by atoms with Crippen molar-refractivity contribution in [3.8, 4) is 0 Å². The molecule has 3 aromatic carbocycles. The van der Waals surface area contributed by atoms with E-state index >= 15 is 0 Å². The molecule has 9 nitrogen and oxygen atoms in total. The van der Waals surface area contributed by atoms with E-state index in [4.69, 9.17) is 0 Å². The number of carbonyl (C=O) groups is 5. The summed E-state index contributed by atoms with van der Waals surface area (Å²) in [6.45, 7) is 4.96. The first-order valence-electron chi connectivity index (χ1n) is 14.5. The molecule has 0 fully saturated rings. The second-order valence-electron chi connectivity index (χ2n) is 11.3. The zero-order valence-electron chi connectivity index (χ0n) is 24.6. The van der Waals surface area contributed by atoms with Crippen molar-refractivity contribution in [1.29, 1.82) is 0 Å². The summed E-state index contributed by atoms with van der Waals surface area (Å²) >= 11 is 0. The summed E-state index contributed by atoms with van der Waals surface area (Å²) in [5.41, 5.74) is 3.51. The van der Waals surface area contributed by atoms with Crippen molar-refractivity contribution < 1.29 is 24.0 Å². The molecule has 3 atom stereocenters. The highest BCUT2D eigenvalue weighted by molar-refractivity contribution is 6.38. The second kappa shape index (κ2) is 14.4. The molecule has 1 aliphatic carbocycles. The van der Waals surface area contributed by atoms with Crippen molar-refractivity contribution in [1.82, 2.24) is 21.3 Å². The molecule has 0 bridgehead atoms. The second-order valence-corrected chi connectivity index (χ2v) is 11.3. The van der Waals surface area contributed by atoms with Crippen LogP contribution in [0.25, 0.3) is 0 Å². The van der Waals surface area contributed by atoms with E-state index in [0.29, 0.717) is 18.4 Å². The third-order valence-corrected chi connectivity index (χ3v) is 7.55. The van der Waals surface area contributed by atoms with E-state index in [1.54, 1.807) is 44.2 Å². The summed E-state index contributed by atoms with van der Waals surface area (Å²) in [7, 11) is 0. The molecule has 0 aromatic heterocycles. The largest absolute Gasteiger partial charge is 0.346 e. The molecule has 0 heterocycles. The fraction of sp³-hybridized carbons (Fsp3) is 0.324. The van der Waals surface area contributed by atoms with Crippen LogP contribution in [0.5, 0.6) is 0 Å². The van der Waals surface area contributed by atoms with Gasteiger partial charge in [-0.1, -0.05) is 86.6 Å². The topological polar surface area (TPSA) is 133 Å². The van der Waals surface area contributed by atoms with Crippen LogP contribution in [0, 0.1) is 5.92 Å². The number of Topliss-reactive ketones (excluding diaryl/α,β-unsaturated/α-hetero) is 1. The van der Waals surface area contributed by atoms with Crippen LogP contribution >= 0.6 is 0 Å². The van der Waals surface area contributed by atoms with Crippen LogP contribution in [0.4, 0.5) is 0 Å². The van der Waals surface area contributed by atoms with Gasteiger partial charge in [-0.15, -0.1) is 0 Å². The Labute approximate surface area is 251 Å². The van der Waals surface area contributed by atoms with Gasteiger partial charge in [0.05, 0.1) is 6.04 Å². The zero-order chi connectivity index (χ0) is 30.9. The Hall–Kier alpha value is -4.79. The van der Waals surface area contributed by atoms with E-state index in [9.17, 15) is 24.0 Å². The van der Waals surface area contributed by atoms with E-state index in [1.165, 1.54) is 6.92 Å². The first-order chi connectivity index (χ1) is 20.6. The van der Waals surface area contributed by atoms with E-state index in [-0.39, 0.29) is 18.4 Å². The van der Waals surface area contributed by atoms with Crippen molar-refractivity contribution in [3.05, 3.63) is 107 Å². The molecule has 3 unspecified atom stereocenters. The van der Waals surface area contributed by atoms with Crippen molar-refractivity contribution in [2.24, 2.45) is 5.92 Å². The molecule has 4 amide bonds. The highest BCUT2D eigenvalue weighted by atomic mass is 16.2. The monoisotopic (exact) mass is 582 g/mol. The highest BCUT2D eigenvalue weighted by Crippen LogP contribution is 2.21.